The molecule has 0 saturated carbocycles. The Bertz CT molecular complexity index is 1100. The van der Waals surface area contributed by atoms with Crippen molar-refractivity contribution in [1.29, 1.82) is 0 Å². The minimum atomic E-state index is -0.0920. The van der Waals surface area contributed by atoms with Crippen molar-refractivity contribution < 1.29 is 9.21 Å². The zero-order valence-electron chi connectivity index (χ0n) is 15.2. The van der Waals surface area contributed by atoms with Crippen LogP contribution in [0.2, 0.25) is 0 Å². The second-order valence-corrected chi connectivity index (χ2v) is 6.81. The standard InChI is InChI=1S/C21H19N5O2/c27-21(23-15-6-2-1-3-7-15)25-12-10-16(14-25)26-19-17(8-4-11-22-19)24-20(26)18-9-5-13-28-18/h1-9,11,13,16H,10,12,14H2,(H,23,27). The number of nitrogens with one attached hydrogen (secondary N) is 1. The summed E-state index contributed by atoms with van der Waals surface area (Å²) in [6, 6.07) is 17.1. The van der Waals surface area contributed by atoms with Crippen LogP contribution in [0.25, 0.3) is 22.7 Å². The number of benzene rings is 1. The van der Waals surface area contributed by atoms with Crippen LogP contribution >= 0.6 is 0 Å². The van der Waals surface area contributed by atoms with E-state index in [0.29, 0.717) is 18.8 Å². The first-order valence-electron chi connectivity index (χ1n) is 9.27. The molecular formula is C21H19N5O2. The smallest absolute Gasteiger partial charge is 0.321 e. The number of pyridine rings is 1. The molecule has 0 aliphatic carbocycles. The largest absolute Gasteiger partial charge is 0.461 e. The number of anilines is 1. The average Bonchev–Trinajstić information content (AvgIpc) is 3.46. The summed E-state index contributed by atoms with van der Waals surface area (Å²) in [5.41, 5.74) is 2.42. The van der Waals surface area contributed by atoms with Crippen molar-refractivity contribution >= 4 is 22.9 Å². The number of rotatable bonds is 3. The predicted molar refractivity (Wildman–Crippen MR) is 106 cm³/mol. The quantitative estimate of drug-likeness (QED) is 0.585. The van der Waals surface area contributed by atoms with Gasteiger partial charge in [-0.2, -0.15) is 0 Å². The van der Waals surface area contributed by atoms with Crippen molar-refractivity contribution in [1.82, 2.24) is 19.4 Å². The fourth-order valence-corrected chi connectivity index (χ4v) is 3.72. The second-order valence-electron chi connectivity index (χ2n) is 6.81. The molecule has 5 rings (SSSR count). The molecule has 1 unspecified atom stereocenters. The van der Waals surface area contributed by atoms with Crippen molar-refractivity contribution in [3.63, 3.8) is 0 Å². The van der Waals surface area contributed by atoms with Crippen LogP contribution in [0.5, 0.6) is 0 Å². The number of aromatic nitrogens is 3. The highest BCUT2D eigenvalue weighted by Crippen LogP contribution is 2.32. The van der Waals surface area contributed by atoms with E-state index in [0.717, 1.165) is 29.1 Å². The number of nitrogens with zero attached hydrogens (tertiary/aromatic N) is 4. The Morgan fingerprint density at radius 2 is 2.00 bits per heavy atom. The molecule has 1 fully saturated rings. The number of fused-ring (bicyclic) bond motifs is 1. The van der Waals surface area contributed by atoms with Gasteiger partial charge in [-0.3, -0.25) is 0 Å². The van der Waals surface area contributed by atoms with Gasteiger partial charge in [0, 0.05) is 25.0 Å². The van der Waals surface area contributed by atoms with Crippen LogP contribution in [0.3, 0.4) is 0 Å². The van der Waals surface area contributed by atoms with Crippen LogP contribution in [-0.2, 0) is 0 Å². The maximum absolute atomic E-state index is 12.7. The molecule has 2 amide bonds. The summed E-state index contributed by atoms with van der Waals surface area (Å²) in [7, 11) is 0. The fourth-order valence-electron chi connectivity index (χ4n) is 3.72. The molecule has 7 nitrogen and oxygen atoms in total. The number of carbonyl (C=O) groups is 1. The summed E-state index contributed by atoms with van der Waals surface area (Å²) in [4.78, 5) is 23.8. The molecule has 7 heteroatoms. The molecule has 1 aromatic carbocycles. The van der Waals surface area contributed by atoms with Crippen molar-refractivity contribution in [2.45, 2.75) is 12.5 Å². The summed E-state index contributed by atoms with van der Waals surface area (Å²) in [5.74, 6) is 1.44. The summed E-state index contributed by atoms with van der Waals surface area (Å²) >= 11 is 0. The van der Waals surface area contributed by atoms with Gasteiger partial charge >= 0.3 is 6.03 Å². The predicted octanol–water partition coefficient (Wildman–Crippen LogP) is 4.17. The van der Waals surface area contributed by atoms with Gasteiger partial charge in [-0.25, -0.2) is 14.8 Å². The van der Waals surface area contributed by atoms with Gasteiger partial charge in [0.2, 0.25) is 0 Å². The zero-order valence-corrected chi connectivity index (χ0v) is 15.2. The lowest BCUT2D eigenvalue weighted by Crippen LogP contribution is -2.33. The number of hydrogen-bond donors (Lipinski definition) is 1. The van der Waals surface area contributed by atoms with Gasteiger partial charge in [0.25, 0.3) is 0 Å². The van der Waals surface area contributed by atoms with Crippen molar-refractivity contribution in [3.8, 4) is 11.6 Å². The third kappa shape index (κ3) is 2.90. The van der Waals surface area contributed by atoms with E-state index in [1.807, 2.05) is 59.5 Å². The van der Waals surface area contributed by atoms with Gasteiger partial charge in [-0.05, 0) is 42.8 Å². The second kappa shape index (κ2) is 6.84. The van der Waals surface area contributed by atoms with E-state index in [9.17, 15) is 4.79 Å². The maximum atomic E-state index is 12.7. The van der Waals surface area contributed by atoms with E-state index in [2.05, 4.69) is 14.9 Å². The highest BCUT2D eigenvalue weighted by atomic mass is 16.3. The molecule has 1 saturated heterocycles. The molecule has 0 radical (unpaired) electrons. The van der Waals surface area contributed by atoms with Gasteiger partial charge < -0.3 is 19.2 Å². The molecule has 4 heterocycles. The van der Waals surface area contributed by atoms with Gasteiger partial charge in [0.1, 0.15) is 5.52 Å². The Hall–Kier alpha value is -3.61. The lowest BCUT2D eigenvalue weighted by atomic mass is 10.2. The number of amides is 2. The highest BCUT2D eigenvalue weighted by molar-refractivity contribution is 5.89. The summed E-state index contributed by atoms with van der Waals surface area (Å²) in [6.45, 7) is 1.27. The first-order chi connectivity index (χ1) is 13.8. The first-order valence-corrected chi connectivity index (χ1v) is 9.27. The molecule has 1 atom stereocenters. The lowest BCUT2D eigenvalue weighted by molar-refractivity contribution is 0.221. The minimum absolute atomic E-state index is 0.0847. The minimum Gasteiger partial charge on any atom is -0.461 e. The topological polar surface area (TPSA) is 76.2 Å². The number of imidazole rings is 1. The molecule has 28 heavy (non-hydrogen) atoms. The molecule has 140 valence electrons. The molecule has 3 aromatic heterocycles. The average molecular weight is 373 g/mol. The first kappa shape index (κ1) is 16.6. The third-order valence-electron chi connectivity index (χ3n) is 5.03. The molecule has 1 aliphatic heterocycles. The number of urea groups is 1. The van der Waals surface area contributed by atoms with Crippen LogP contribution in [0.4, 0.5) is 10.5 Å². The lowest BCUT2D eigenvalue weighted by Gasteiger charge is -2.19. The van der Waals surface area contributed by atoms with Crippen LogP contribution < -0.4 is 5.32 Å². The highest BCUT2D eigenvalue weighted by Gasteiger charge is 2.31. The van der Waals surface area contributed by atoms with Crippen molar-refractivity contribution in [2.75, 3.05) is 18.4 Å². The van der Waals surface area contributed by atoms with E-state index in [-0.39, 0.29) is 12.1 Å². The SMILES string of the molecule is O=C(Nc1ccccc1)N1CCC(n2c(-c3ccco3)nc3cccnc32)C1. The number of hydrogen-bond acceptors (Lipinski definition) is 4. The molecular weight excluding hydrogens is 354 g/mol. The van der Waals surface area contributed by atoms with Gasteiger partial charge in [0.05, 0.1) is 12.3 Å². The molecule has 0 spiro atoms. The number of likely N-dealkylation sites (tertiary alicyclic amines) is 1. The Labute approximate surface area is 161 Å². The fraction of sp³-hybridized carbons (Fsp3) is 0.190. The van der Waals surface area contributed by atoms with E-state index in [1.54, 1.807) is 12.5 Å². The molecule has 1 N–H and O–H groups in total. The van der Waals surface area contributed by atoms with E-state index >= 15 is 0 Å². The molecule has 4 aromatic rings. The maximum Gasteiger partial charge on any atom is 0.321 e. The normalized spacial score (nSPS) is 16.6. The zero-order chi connectivity index (χ0) is 18.9. The van der Waals surface area contributed by atoms with Crippen molar-refractivity contribution in [2.24, 2.45) is 0 Å². The van der Waals surface area contributed by atoms with Gasteiger partial charge in [-0.1, -0.05) is 18.2 Å². The third-order valence-corrected chi connectivity index (χ3v) is 5.03. The Kier molecular flexibility index (Phi) is 4.05. The Morgan fingerprint density at radius 1 is 1.11 bits per heavy atom. The summed E-state index contributed by atoms with van der Waals surface area (Å²) in [5, 5.41) is 2.96. The van der Waals surface area contributed by atoms with Gasteiger partial charge in [0.15, 0.2) is 17.2 Å². The number of para-hydroxylation sites is 1. The van der Waals surface area contributed by atoms with Crippen LogP contribution in [0, 0.1) is 0 Å². The Morgan fingerprint density at radius 3 is 2.82 bits per heavy atom. The van der Waals surface area contributed by atoms with Gasteiger partial charge in [-0.15, -0.1) is 0 Å². The summed E-state index contributed by atoms with van der Waals surface area (Å²) < 4.78 is 7.70. The number of furan rings is 1. The molecule has 1 aliphatic rings. The number of carbonyl (C=O) groups excluding carboxylic acids is 1. The Balaban J connectivity index is 1.44. The van der Waals surface area contributed by atoms with E-state index in [1.165, 1.54) is 0 Å². The summed E-state index contributed by atoms with van der Waals surface area (Å²) in [6.07, 6.45) is 4.24. The van der Waals surface area contributed by atoms with Crippen LogP contribution in [0.1, 0.15) is 12.5 Å². The van der Waals surface area contributed by atoms with E-state index < -0.39 is 0 Å². The van der Waals surface area contributed by atoms with Crippen molar-refractivity contribution in [3.05, 3.63) is 67.1 Å². The molecule has 0 bridgehead atoms. The van der Waals surface area contributed by atoms with E-state index in [4.69, 9.17) is 9.40 Å². The monoisotopic (exact) mass is 373 g/mol. The van der Waals surface area contributed by atoms with Crippen LogP contribution in [0.15, 0.2) is 71.5 Å². The van der Waals surface area contributed by atoms with Crippen LogP contribution in [-0.4, -0.2) is 38.6 Å².